The third-order valence-corrected chi connectivity index (χ3v) is 5.27. The SMILES string of the molecule is O=C(O)CCc1ccc(N2CCN(c3ccc4c(c3)CCNC4)C2=O)cc1. The second-order valence-electron chi connectivity index (χ2n) is 7.03. The summed E-state index contributed by atoms with van der Waals surface area (Å²) in [6.07, 6.45) is 1.61. The van der Waals surface area contributed by atoms with Crippen LogP contribution in [0.25, 0.3) is 0 Å². The van der Waals surface area contributed by atoms with E-state index in [-0.39, 0.29) is 12.5 Å². The smallest absolute Gasteiger partial charge is 0.329 e. The minimum atomic E-state index is -0.801. The Morgan fingerprint density at radius 2 is 1.70 bits per heavy atom. The second-order valence-corrected chi connectivity index (χ2v) is 7.03. The molecular weight excluding hydrogens is 342 g/mol. The molecule has 2 aromatic rings. The molecule has 0 spiro atoms. The van der Waals surface area contributed by atoms with Crippen LogP contribution in [0.3, 0.4) is 0 Å². The number of urea groups is 1. The summed E-state index contributed by atoms with van der Waals surface area (Å²) in [5, 5.41) is 12.2. The first-order valence-corrected chi connectivity index (χ1v) is 9.34. The van der Waals surface area contributed by atoms with Gasteiger partial charge in [-0.2, -0.15) is 0 Å². The maximum Gasteiger partial charge on any atom is 0.329 e. The number of amides is 2. The van der Waals surface area contributed by atoms with Gasteiger partial charge in [-0.05, 0) is 60.3 Å². The number of carboxylic acids is 1. The highest BCUT2D eigenvalue weighted by Gasteiger charge is 2.31. The van der Waals surface area contributed by atoms with E-state index in [4.69, 9.17) is 5.11 Å². The predicted molar refractivity (Wildman–Crippen MR) is 104 cm³/mol. The average molecular weight is 365 g/mol. The molecule has 6 nitrogen and oxygen atoms in total. The lowest BCUT2D eigenvalue weighted by molar-refractivity contribution is -0.136. The van der Waals surface area contributed by atoms with Crippen LogP contribution in [-0.2, 0) is 24.2 Å². The van der Waals surface area contributed by atoms with Crippen LogP contribution in [0.15, 0.2) is 42.5 Å². The molecule has 4 rings (SSSR count). The predicted octanol–water partition coefficient (Wildman–Crippen LogP) is 2.80. The lowest BCUT2D eigenvalue weighted by Gasteiger charge is -2.22. The molecule has 0 radical (unpaired) electrons. The Morgan fingerprint density at radius 1 is 1.00 bits per heavy atom. The van der Waals surface area contributed by atoms with E-state index in [0.29, 0.717) is 19.5 Å². The van der Waals surface area contributed by atoms with Gasteiger partial charge >= 0.3 is 12.0 Å². The molecule has 0 unspecified atom stereocenters. The lowest BCUT2D eigenvalue weighted by Crippen LogP contribution is -2.32. The van der Waals surface area contributed by atoms with E-state index in [9.17, 15) is 9.59 Å². The molecule has 0 aliphatic carbocycles. The van der Waals surface area contributed by atoms with Crippen LogP contribution >= 0.6 is 0 Å². The fraction of sp³-hybridized carbons (Fsp3) is 0.333. The fourth-order valence-corrected chi connectivity index (χ4v) is 3.74. The van der Waals surface area contributed by atoms with Crippen LogP contribution in [0.5, 0.6) is 0 Å². The first-order valence-electron chi connectivity index (χ1n) is 9.34. The third kappa shape index (κ3) is 3.66. The van der Waals surface area contributed by atoms with Crippen molar-refractivity contribution in [2.24, 2.45) is 0 Å². The maximum absolute atomic E-state index is 12.9. The summed E-state index contributed by atoms with van der Waals surface area (Å²) < 4.78 is 0. The summed E-state index contributed by atoms with van der Waals surface area (Å²) in [6.45, 7) is 3.18. The van der Waals surface area contributed by atoms with E-state index in [1.807, 2.05) is 35.2 Å². The highest BCUT2D eigenvalue weighted by molar-refractivity contribution is 6.06. The normalized spacial score (nSPS) is 16.5. The van der Waals surface area contributed by atoms with Gasteiger partial charge in [0.05, 0.1) is 0 Å². The average Bonchev–Trinajstić information content (AvgIpc) is 3.08. The standard InChI is InChI=1S/C21H23N3O3/c25-20(26)8-3-15-1-5-18(6-2-15)23-11-12-24(21(23)27)19-7-4-17-14-22-10-9-16(17)13-19/h1-2,4-7,13,22H,3,8-12,14H2,(H,25,26). The zero-order valence-electron chi connectivity index (χ0n) is 15.1. The van der Waals surface area contributed by atoms with Crippen molar-refractivity contribution in [1.29, 1.82) is 0 Å². The van der Waals surface area contributed by atoms with Gasteiger partial charge in [0.15, 0.2) is 0 Å². The summed E-state index contributed by atoms with van der Waals surface area (Å²) in [5.41, 5.74) is 5.41. The van der Waals surface area contributed by atoms with E-state index in [1.54, 1.807) is 4.90 Å². The van der Waals surface area contributed by atoms with Crippen molar-refractivity contribution in [2.75, 3.05) is 29.4 Å². The second kappa shape index (κ2) is 7.40. The van der Waals surface area contributed by atoms with Crippen LogP contribution in [-0.4, -0.2) is 36.7 Å². The number of hydrogen-bond donors (Lipinski definition) is 2. The Labute approximate surface area is 158 Å². The molecule has 140 valence electrons. The van der Waals surface area contributed by atoms with Crippen molar-refractivity contribution in [2.45, 2.75) is 25.8 Å². The first-order chi connectivity index (χ1) is 13.1. The zero-order chi connectivity index (χ0) is 18.8. The topological polar surface area (TPSA) is 72.9 Å². The fourth-order valence-electron chi connectivity index (χ4n) is 3.74. The zero-order valence-corrected chi connectivity index (χ0v) is 15.1. The van der Waals surface area contributed by atoms with E-state index < -0.39 is 5.97 Å². The lowest BCUT2D eigenvalue weighted by atomic mass is 10.0. The summed E-state index contributed by atoms with van der Waals surface area (Å²) in [5.74, 6) is -0.801. The van der Waals surface area contributed by atoms with Crippen molar-refractivity contribution < 1.29 is 14.7 Å². The summed E-state index contributed by atoms with van der Waals surface area (Å²) >= 11 is 0. The van der Waals surface area contributed by atoms with Crippen molar-refractivity contribution in [3.8, 4) is 0 Å². The molecule has 0 atom stereocenters. The molecule has 1 saturated heterocycles. The van der Waals surface area contributed by atoms with Crippen LogP contribution < -0.4 is 15.1 Å². The number of aliphatic carboxylic acids is 1. The number of fused-ring (bicyclic) bond motifs is 1. The van der Waals surface area contributed by atoms with Gasteiger partial charge in [0, 0.05) is 37.4 Å². The van der Waals surface area contributed by atoms with Gasteiger partial charge in [-0.25, -0.2) is 4.79 Å². The molecule has 0 aromatic heterocycles. The number of carbonyl (C=O) groups excluding carboxylic acids is 1. The Balaban J connectivity index is 1.48. The summed E-state index contributed by atoms with van der Waals surface area (Å²) in [6, 6.07) is 13.9. The minimum Gasteiger partial charge on any atom is -0.481 e. The quantitative estimate of drug-likeness (QED) is 0.855. The Bertz CT molecular complexity index is 863. The maximum atomic E-state index is 12.9. The van der Waals surface area contributed by atoms with E-state index in [2.05, 4.69) is 17.4 Å². The molecule has 2 N–H and O–H groups in total. The Hall–Kier alpha value is -2.86. The van der Waals surface area contributed by atoms with Crippen LogP contribution in [0.4, 0.5) is 16.2 Å². The number of nitrogens with zero attached hydrogens (tertiary/aromatic N) is 2. The molecule has 0 saturated carbocycles. The van der Waals surface area contributed by atoms with Crippen LogP contribution in [0, 0.1) is 0 Å². The number of anilines is 2. The van der Waals surface area contributed by atoms with Gasteiger partial charge in [-0.3, -0.25) is 14.6 Å². The molecule has 2 amide bonds. The van der Waals surface area contributed by atoms with E-state index in [0.717, 1.165) is 36.4 Å². The van der Waals surface area contributed by atoms with E-state index in [1.165, 1.54) is 11.1 Å². The van der Waals surface area contributed by atoms with Gasteiger partial charge < -0.3 is 10.4 Å². The van der Waals surface area contributed by atoms with Gasteiger partial charge in [0.2, 0.25) is 0 Å². The summed E-state index contributed by atoms with van der Waals surface area (Å²) in [7, 11) is 0. The molecule has 2 aromatic carbocycles. The highest BCUT2D eigenvalue weighted by Crippen LogP contribution is 2.28. The number of rotatable bonds is 5. The van der Waals surface area contributed by atoms with Gasteiger partial charge in [-0.1, -0.05) is 18.2 Å². The van der Waals surface area contributed by atoms with Gasteiger partial charge in [0.25, 0.3) is 0 Å². The number of carboxylic acid groups (broad SMARTS) is 1. The monoisotopic (exact) mass is 365 g/mol. The Morgan fingerprint density at radius 3 is 2.44 bits per heavy atom. The summed E-state index contributed by atoms with van der Waals surface area (Å²) in [4.78, 5) is 27.2. The van der Waals surface area contributed by atoms with Crippen molar-refractivity contribution in [3.63, 3.8) is 0 Å². The number of carbonyl (C=O) groups is 2. The van der Waals surface area contributed by atoms with Gasteiger partial charge in [0.1, 0.15) is 0 Å². The number of benzene rings is 2. The number of aryl methyl sites for hydroxylation is 1. The molecule has 1 fully saturated rings. The highest BCUT2D eigenvalue weighted by atomic mass is 16.4. The number of hydrogen-bond acceptors (Lipinski definition) is 3. The van der Waals surface area contributed by atoms with Crippen molar-refractivity contribution in [1.82, 2.24) is 5.32 Å². The first kappa shape index (κ1) is 17.5. The molecule has 2 aliphatic heterocycles. The number of nitrogens with one attached hydrogen (secondary N) is 1. The van der Waals surface area contributed by atoms with Gasteiger partial charge in [-0.15, -0.1) is 0 Å². The molecule has 27 heavy (non-hydrogen) atoms. The van der Waals surface area contributed by atoms with Crippen molar-refractivity contribution in [3.05, 3.63) is 59.2 Å². The molecular formula is C21H23N3O3. The minimum absolute atomic E-state index is 0.0119. The van der Waals surface area contributed by atoms with Crippen molar-refractivity contribution >= 4 is 23.4 Å². The third-order valence-electron chi connectivity index (χ3n) is 5.27. The van der Waals surface area contributed by atoms with E-state index >= 15 is 0 Å². The molecule has 2 heterocycles. The Kier molecular flexibility index (Phi) is 4.81. The largest absolute Gasteiger partial charge is 0.481 e. The molecule has 2 aliphatic rings. The van der Waals surface area contributed by atoms with Crippen LogP contribution in [0.2, 0.25) is 0 Å². The van der Waals surface area contributed by atoms with Crippen LogP contribution in [0.1, 0.15) is 23.1 Å². The molecule has 6 heteroatoms. The molecule has 0 bridgehead atoms.